The van der Waals surface area contributed by atoms with Crippen molar-refractivity contribution in [3.05, 3.63) is 58.7 Å². The first-order valence-electron chi connectivity index (χ1n) is 14.4. The number of hydrogen-bond acceptors (Lipinski definition) is 7. The van der Waals surface area contributed by atoms with E-state index >= 15 is 0 Å². The lowest BCUT2D eigenvalue weighted by atomic mass is 9.74. The fraction of sp³-hybridized carbons (Fsp3) is 0.531. The number of aliphatic carboxylic acids is 1. The fourth-order valence-corrected chi connectivity index (χ4v) is 5.39. The monoisotopic (exact) mass is 584 g/mol. The van der Waals surface area contributed by atoms with Crippen LogP contribution in [0.15, 0.2) is 36.4 Å². The number of carboxylic acids is 1. The maximum Gasteiger partial charge on any atom is 0.329 e. The lowest BCUT2D eigenvalue weighted by Crippen LogP contribution is -2.66. The maximum atomic E-state index is 13.9. The summed E-state index contributed by atoms with van der Waals surface area (Å²) >= 11 is 0. The fourth-order valence-electron chi connectivity index (χ4n) is 5.39. The first-order chi connectivity index (χ1) is 20.0. The van der Waals surface area contributed by atoms with E-state index in [1.165, 1.54) is 14.0 Å². The minimum absolute atomic E-state index is 0.170. The lowest BCUT2D eigenvalue weighted by Gasteiger charge is -2.45. The first kappa shape index (κ1) is 32.9. The Morgan fingerprint density at radius 3 is 2.29 bits per heavy atom. The van der Waals surface area contributed by atoms with Gasteiger partial charge in [0.25, 0.3) is 0 Å². The molecule has 1 saturated carbocycles. The van der Waals surface area contributed by atoms with Gasteiger partial charge in [-0.1, -0.05) is 30.3 Å². The van der Waals surface area contributed by atoms with Crippen molar-refractivity contribution in [2.24, 2.45) is 0 Å². The normalized spacial score (nSPS) is 19.3. The zero-order valence-electron chi connectivity index (χ0n) is 25.7. The number of urea groups is 1. The molecule has 10 nitrogen and oxygen atoms in total. The molecule has 230 valence electrons. The molecule has 1 fully saturated rings. The molecule has 2 atom stereocenters. The topological polar surface area (TPSA) is 124 Å². The predicted octanol–water partition coefficient (Wildman–Crippen LogP) is 5.48. The quantitative estimate of drug-likeness (QED) is 0.264. The summed E-state index contributed by atoms with van der Waals surface area (Å²) in [6.07, 6.45) is -0.115. The van der Waals surface area contributed by atoms with Gasteiger partial charge in [-0.25, -0.2) is 9.59 Å². The summed E-state index contributed by atoms with van der Waals surface area (Å²) in [5.74, 6) is -0.511. The third-order valence-electron chi connectivity index (χ3n) is 7.86. The van der Waals surface area contributed by atoms with Crippen LogP contribution in [0, 0.1) is 6.92 Å². The molecule has 2 amide bonds. The summed E-state index contributed by atoms with van der Waals surface area (Å²) in [5, 5.41) is 12.8. The van der Waals surface area contributed by atoms with Gasteiger partial charge in [-0.3, -0.25) is 4.79 Å². The molecular formula is C32H44N2O8. The first-order valence-corrected chi connectivity index (χ1v) is 14.4. The van der Waals surface area contributed by atoms with E-state index in [0.717, 1.165) is 5.56 Å². The van der Waals surface area contributed by atoms with Crippen molar-refractivity contribution in [3.8, 4) is 11.5 Å². The Morgan fingerprint density at radius 2 is 1.74 bits per heavy atom. The van der Waals surface area contributed by atoms with Gasteiger partial charge in [0.05, 0.1) is 38.1 Å². The number of benzene rings is 2. The molecule has 2 N–H and O–H groups in total. The van der Waals surface area contributed by atoms with Crippen LogP contribution >= 0.6 is 0 Å². The van der Waals surface area contributed by atoms with Gasteiger partial charge in [-0.05, 0) is 64.3 Å². The average molecular weight is 585 g/mol. The van der Waals surface area contributed by atoms with Crippen LogP contribution in [-0.4, -0.2) is 72.9 Å². The van der Waals surface area contributed by atoms with Gasteiger partial charge in [0.2, 0.25) is 0 Å². The van der Waals surface area contributed by atoms with E-state index in [1.54, 1.807) is 11.0 Å². The van der Waals surface area contributed by atoms with E-state index in [9.17, 15) is 19.5 Å². The Kier molecular flexibility index (Phi) is 11.4. The Bertz CT molecular complexity index is 1240. The molecule has 0 bridgehead atoms. The zero-order valence-corrected chi connectivity index (χ0v) is 25.7. The average Bonchev–Trinajstić information content (AvgIpc) is 2.94. The van der Waals surface area contributed by atoms with Gasteiger partial charge in [-0.15, -0.1) is 0 Å². The highest BCUT2D eigenvalue weighted by Crippen LogP contribution is 2.40. The zero-order chi connectivity index (χ0) is 31.0. The van der Waals surface area contributed by atoms with Crippen molar-refractivity contribution < 1.29 is 38.4 Å². The Morgan fingerprint density at radius 1 is 1.10 bits per heavy atom. The van der Waals surface area contributed by atoms with Crippen LogP contribution in [0.5, 0.6) is 11.5 Å². The van der Waals surface area contributed by atoms with Gasteiger partial charge in [0.1, 0.15) is 22.6 Å². The number of methoxy groups -OCH3 is 1. The van der Waals surface area contributed by atoms with Crippen molar-refractivity contribution in [1.82, 2.24) is 10.2 Å². The second kappa shape index (κ2) is 14.5. The number of nitrogens with zero attached hydrogens (tertiary/aromatic N) is 1. The summed E-state index contributed by atoms with van der Waals surface area (Å²) < 4.78 is 23.2. The molecule has 0 spiro atoms. The number of hydrogen-bond donors (Lipinski definition) is 2. The number of ether oxygens (including phenoxy) is 4. The maximum absolute atomic E-state index is 13.9. The van der Waals surface area contributed by atoms with Crippen molar-refractivity contribution in [2.75, 3.05) is 33.5 Å². The molecule has 3 rings (SSSR count). The van der Waals surface area contributed by atoms with E-state index in [1.807, 2.05) is 65.0 Å². The van der Waals surface area contributed by atoms with Crippen LogP contribution in [0.4, 0.5) is 4.79 Å². The molecule has 2 aromatic carbocycles. The molecule has 42 heavy (non-hydrogen) atoms. The summed E-state index contributed by atoms with van der Waals surface area (Å²) in [6, 6.07) is 10.4. The molecule has 1 aliphatic carbocycles. The summed E-state index contributed by atoms with van der Waals surface area (Å²) in [5.41, 5.74) is 1.35. The largest absolute Gasteiger partial charge is 0.493 e. The van der Waals surface area contributed by atoms with E-state index in [2.05, 4.69) is 5.32 Å². The number of amides is 2. The second-order valence-electron chi connectivity index (χ2n) is 10.6. The summed E-state index contributed by atoms with van der Waals surface area (Å²) in [4.78, 5) is 40.3. The molecule has 0 aliphatic heterocycles. The van der Waals surface area contributed by atoms with Crippen LogP contribution in [-0.2, 0) is 14.3 Å². The summed E-state index contributed by atoms with van der Waals surface area (Å²) in [7, 11) is 1.53. The number of carboxylic acid groups (broad SMARTS) is 1. The van der Waals surface area contributed by atoms with Gasteiger partial charge in [0, 0.05) is 26.5 Å². The van der Waals surface area contributed by atoms with Crippen LogP contribution in [0.25, 0.3) is 0 Å². The lowest BCUT2D eigenvalue weighted by molar-refractivity contribution is -0.155. The van der Waals surface area contributed by atoms with Crippen LogP contribution in [0.3, 0.4) is 0 Å². The summed E-state index contributed by atoms with van der Waals surface area (Å²) in [6.45, 7) is 11.8. The number of ketones is 1. The van der Waals surface area contributed by atoms with Gasteiger partial charge in [-0.2, -0.15) is 0 Å². The number of carbonyl (C=O) groups is 3. The standard InChI is InChI=1S/C32H44N2O8/c1-8-40-27-17-26(20(3)29(41-9-2)28(27)22(5)35)21(4)34(15-16-42-23(6)24-13-11-10-12-14-24)31(38)33-32(30(36)37)18-25(19-32)39-7/h10-14,17,21,23,25H,8-9,15-16,18-19H2,1-7H3,(H,33,38)(H,36,37)/t21-,23+,25-,32-/m1/s1. The van der Waals surface area contributed by atoms with E-state index < -0.39 is 23.6 Å². The molecule has 0 radical (unpaired) electrons. The van der Waals surface area contributed by atoms with Crippen LogP contribution in [0.1, 0.15) is 86.7 Å². The Hall–Kier alpha value is -3.63. The third kappa shape index (κ3) is 7.22. The molecule has 0 unspecified atom stereocenters. The highest BCUT2D eigenvalue weighted by Gasteiger charge is 2.52. The Balaban J connectivity index is 1.98. The second-order valence-corrected chi connectivity index (χ2v) is 10.6. The molecule has 0 heterocycles. The number of Topliss-reactive ketones (excluding diaryl/α,β-unsaturated/α-hetero) is 1. The van der Waals surface area contributed by atoms with Crippen LogP contribution < -0.4 is 14.8 Å². The molecular weight excluding hydrogens is 540 g/mol. The molecule has 0 aromatic heterocycles. The van der Waals surface area contributed by atoms with Crippen molar-refractivity contribution >= 4 is 17.8 Å². The van der Waals surface area contributed by atoms with Gasteiger partial charge >= 0.3 is 12.0 Å². The van der Waals surface area contributed by atoms with E-state index in [4.69, 9.17) is 18.9 Å². The van der Waals surface area contributed by atoms with Gasteiger partial charge in [0.15, 0.2) is 5.78 Å². The number of carbonyl (C=O) groups excluding carboxylic acids is 2. The predicted molar refractivity (Wildman–Crippen MR) is 158 cm³/mol. The van der Waals surface area contributed by atoms with E-state index in [-0.39, 0.29) is 44.0 Å². The highest BCUT2D eigenvalue weighted by molar-refractivity contribution is 6.00. The smallest absolute Gasteiger partial charge is 0.329 e. The number of nitrogens with one attached hydrogen (secondary N) is 1. The van der Waals surface area contributed by atoms with Gasteiger partial charge < -0.3 is 34.3 Å². The molecule has 10 heteroatoms. The molecule has 1 aliphatic rings. The van der Waals surface area contributed by atoms with Crippen LogP contribution in [0.2, 0.25) is 0 Å². The minimum Gasteiger partial charge on any atom is -0.493 e. The van der Waals surface area contributed by atoms with Crippen molar-refractivity contribution in [1.29, 1.82) is 0 Å². The SMILES string of the molecule is CCOc1cc([C@@H](C)N(CCO[C@@H](C)c2ccccc2)C(=O)N[C@]2(C(=O)O)C[C@@H](OC)C2)c(C)c(OCC)c1C(C)=O. The minimum atomic E-state index is -1.42. The molecule has 2 aromatic rings. The Labute approximate surface area is 248 Å². The molecule has 0 saturated heterocycles. The third-order valence-corrected chi connectivity index (χ3v) is 7.86. The number of rotatable bonds is 15. The highest BCUT2D eigenvalue weighted by atomic mass is 16.5. The van der Waals surface area contributed by atoms with Crippen molar-refractivity contribution in [2.45, 2.75) is 78.2 Å². The van der Waals surface area contributed by atoms with Crippen molar-refractivity contribution in [3.63, 3.8) is 0 Å². The van der Waals surface area contributed by atoms with E-state index in [0.29, 0.717) is 41.4 Å².